The van der Waals surface area contributed by atoms with Crippen LogP contribution in [0.2, 0.25) is 5.02 Å². The van der Waals surface area contributed by atoms with Crippen molar-refractivity contribution in [3.05, 3.63) is 34.3 Å². The maximum absolute atomic E-state index is 12.0. The molecule has 0 aromatic heterocycles. The largest absolute Gasteiger partial charge is 0.469 e. The summed E-state index contributed by atoms with van der Waals surface area (Å²) in [5.74, 6) is -0.297. The Morgan fingerprint density at radius 2 is 2.00 bits per heavy atom. The van der Waals surface area contributed by atoms with Crippen molar-refractivity contribution in [3.63, 3.8) is 0 Å². The number of Topliss-reactive ketones (excluding diaryl/α,β-unsaturated/α-hetero) is 1. The summed E-state index contributed by atoms with van der Waals surface area (Å²) in [6.45, 7) is 3.72. The van der Waals surface area contributed by atoms with Crippen LogP contribution in [-0.4, -0.2) is 18.9 Å². The number of esters is 1. The zero-order valence-corrected chi connectivity index (χ0v) is 11.6. The Hall–Kier alpha value is -1.35. The molecule has 0 amide bonds. The van der Waals surface area contributed by atoms with E-state index in [-0.39, 0.29) is 24.1 Å². The highest BCUT2D eigenvalue weighted by molar-refractivity contribution is 6.31. The van der Waals surface area contributed by atoms with Gasteiger partial charge in [-0.25, -0.2) is 0 Å². The number of methoxy groups -OCH3 is 1. The lowest BCUT2D eigenvalue weighted by Gasteiger charge is -2.09. The zero-order valence-electron chi connectivity index (χ0n) is 10.8. The summed E-state index contributed by atoms with van der Waals surface area (Å²) in [4.78, 5) is 23.1. The molecule has 0 saturated heterocycles. The SMILES string of the molecule is COC(=O)C[C@@H](C)CC(=O)c1ccc(Cl)c(C)c1. The average Bonchev–Trinajstić information content (AvgIpc) is 2.32. The molecule has 0 aliphatic carbocycles. The smallest absolute Gasteiger partial charge is 0.305 e. The van der Waals surface area contributed by atoms with Crippen LogP contribution >= 0.6 is 11.6 Å². The van der Waals surface area contributed by atoms with Gasteiger partial charge >= 0.3 is 5.97 Å². The molecule has 18 heavy (non-hydrogen) atoms. The molecule has 1 rings (SSSR count). The van der Waals surface area contributed by atoms with Gasteiger partial charge in [0.15, 0.2) is 5.78 Å². The number of benzene rings is 1. The number of halogens is 1. The summed E-state index contributed by atoms with van der Waals surface area (Å²) in [6, 6.07) is 5.20. The number of carbonyl (C=O) groups is 2. The van der Waals surface area contributed by atoms with Crippen LogP contribution in [0.3, 0.4) is 0 Å². The molecule has 98 valence electrons. The van der Waals surface area contributed by atoms with Crippen molar-refractivity contribution in [2.24, 2.45) is 5.92 Å². The van der Waals surface area contributed by atoms with E-state index in [1.54, 1.807) is 18.2 Å². The summed E-state index contributed by atoms with van der Waals surface area (Å²) in [5.41, 5.74) is 1.51. The third-order valence-corrected chi connectivity index (χ3v) is 3.18. The summed E-state index contributed by atoms with van der Waals surface area (Å²) in [7, 11) is 1.35. The van der Waals surface area contributed by atoms with Crippen LogP contribution in [0.25, 0.3) is 0 Å². The first kappa shape index (κ1) is 14.7. The monoisotopic (exact) mass is 268 g/mol. The van der Waals surface area contributed by atoms with Crippen LogP contribution in [0.4, 0.5) is 0 Å². The maximum atomic E-state index is 12.0. The third-order valence-electron chi connectivity index (χ3n) is 2.76. The summed E-state index contributed by atoms with van der Waals surface area (Å²) >= 11 is 5.91. The number of aryl methyl sites for hydroxylation is 1. The molecule has 0 aliphatic heterocycles. The van der Waals surface area contributed by atoms with Crippen LogP contribution < -0.4 is 0 Å². The molecule has 0 N–H and O–H groups in total. The van der Waals surface area contributed by atoms with Crippen LogP contribution in [0, 0.1) is 12.8 Å². The van der Waals surface area contributed by atoms with Gasteiger partial charge in [0, 0.05) is 23.4 Å². The highest BCUT2D eigenvalue weighted by Gasteiger charge is 2.15. The van der Waals surface area contributed by atoms with Gasteiger partial charge in [0.1, 0.15) is 0 Å². The Kier molecular flexibility index (Phi) is 5.35. The van der Waals surface area contributed by atoms with Gasteiger partial charge in [-0.2, -0.15) is 0 Å². The van der Waals surface area contributed by atoms with E-state index in [2.05, 4.69) is 4.74 Å². The second-order valence-corrected chi connectivity index (χ2v) is 4.88. The van der Waals surface area contributed by atoms with Gasteiger partial charge in [-0.05, 0) is 36.6 Å². The minimum Gasteiger partial charge on any atom is -0.469 e. The Labute approximate surface area is 112 Å². The highest BCUT2D eigenvalue weighted by atomic mass is 35.5. The summed E-state index contributed by atoms with van der Waals surface area (Å²) < 4.78 is 4.58. The molecule has 3 nitrogen and oxygen atoms in total. The molecule has 0 saturated carbocycles. The Morgan fingerprint density at radius 1 is 1.33 bits per heavy atom. The minimum atomic E-state index is -0.289. The molecule has 0 radical (unpaired) electrons. The number of hydrogen-bond acceptors (Lipinski definition) is 3. The number of rotatable bonds is 5. The van der Waals surface area contributed by atoms with Crippen molar-refractivity contribution < 1.29 is 14.3 Å². The highest BCUT2D eigenvalue weighted by Crippen LogP contribution is 2.19. The predicted octanol–water partition coefficient (Wildman–Crippen LogP) is 3.42. The second-order valence-electron chi connectivity index (χ2n) is 4.48. The van der Waals surface area contributed by atoms with Crippen LogP contribution in [0.15, 0.2) is 18.2 Å². The van der Waals surface area contributed by atoms with Crippen molar-refractivity contribution in [2.45, 2.75) is 26.7 Å². The van der Waals surface area contributed by atoms with Gasteiger partial charge in [-0.1, -0.05) is 18.5 Å². The maximum Gasteiger partial charge on any atom is 0.305 e. The van der Waals surface area contributed by atoms with Gasteiger partial charge in [0.05, 0.1) is 7.11 Å². The average molecular weight is 269 g/mol. The first-order valence-corrected chi connectivity index (χ1v) is 6.18. The molecule has 0 bridgehead atoms. The van der Waals surface area contributed by atoms with E-state index in [4.69, 9.17) is 11.6 Å². The van der Waals surface area contributed by atoms with E-state index in [1.807, 2.05) is 13.8 Å². The Morgan fingerprint density at radius 3 is 2.56 bits per heavy atom. The van der Waals surface area contributed by atoms with E-state index in [9.17, 15) is 9.59 Å². The van der Waals surface area contributed by atoms with Gasteiger partial charge in [0.25, 0.3) is 0 Å². The number of hydrogen-bond donors (Lipinski definition) is 0. The predicted molar refractivity (Wildman–Crippen MR) is 70.9 cm³/mol. The molecule has 1 aromatic rings. The van der Waals surface area contributed by atoms with Crippen molar-refractivity contribution in [2.75, 3.05) is 7.11 Å². The van der Waals surface area contributed by atoms with Gasteiger partial charge in [0.2, 0.25) is 0 Å². The Balaban J connectivity index is 2.64. The first-order chi connectivity index (χ1) is 8.43. The lowest BCUT2D eigenvalue weighted by atomic mass is 9.96. The topological polar surface area (TPSA) is 43.4 Å². The van der Waals surface area contributed by atoms with Crippen molar-refractivity contribution in [3.8, 4) is 0 Å². The Bertz CT molecular complexity index is 454. The summed E-state index contributed by atoms with van der Waals surface area (Å²) in [6.07, 6.45) is 0.588. The normalized spacial score (nSPS) is 12.0. The lowest BCUT2D eigenvalue weighted by molar-refractivity contribution is -0.141. The first-order valence-electron chi connectivity index (χ1n) is 5.80. The quantitative estimate of drug-likeness (QED) is 0.607. The fraction of sp³-hybridized carbons (Fsp3) is 0.429. The molecule has 0 fully saturated rings. The fourth-order valence-electron chi connectivity index (χ4n) is 1.69. The van der Waals surface area contributed by atoms with E-state index >= 15 is 0 Å². The van der Waals surface area contributed by atoms with Crippen LogP contribution in [-0.2, 0) is 9.53 Å². The van der Waals surface area contributed by atoms with Crippen LogP contribution in [0.5, 0.6) is 0 Å². The number of ether oxygens (including phenoxy) is 1. The fourth-order valence-corrected chi connectivity index (χ4v) is 1.81. The molecule has 0 heterocycles. The molecule has 1 atom stereocenters. The molecule has 1 aromatic carbocycles. The van der Waals surface area contributed by atoms with Gasteiger partial charge in [-0.15, -0.1) is 0 Å². The molecule has 0 spiro atoms. The van der Waals surface area contributed by atoms with Gasteiger partial charge < -0.3 is 4.74 Å². The molecule has 0 aliphatic rings. The van der Waals surface area contributed by atoms with E-state index in [1.165, 1.54) is 7.11 Å². The van der Waals surface area contributed by atoms with E-state index < -0.39 is 0 Å². The summed E-state index contributed by atoms with van der Waals surface area (Å²) in [5, 5.41) is 0.647. The van der Waals surface area contributed by atoms with E-state index in [0.29, 0.717) is 17.0 Å². The van der Waals surface area contributed by atoms with Crippen molar-refractivity contribution in [1.29, 1.82) is 0 Å². The van der Waals surface area contributed by atoms with E-state index in [0.717, 1.165) is 5.56 Å². The third kappa shape index (κ3) is 4.15. The second kappa shape index (κ2) is 6.55. The standard InChI is InChI=1S/C14H17ClO3/c1-9(7-14(17)18-3)6-13(16)11-4-5-12(15)10(2)8-11/h4-5,8-9H,6-7H2,1-3H3/t9-/m0/s1. The number of carbonyl (C=O) groups excluding carboxylic acids is 2. The van der Waals surface area contributed by atoms with Crippen molar-refractivity contribution in [1.82, 2.24) is 0 Å². The molecule has 4 heteroatoms. The van der Waals surface area contributed by atoms with Gasteiger partial charge in [-0.3, -0.25) is 9.59 Å². The van der Waals surface area contributed by atoms with Crippen LogP contribution in [0.1, 0.15) is 35.7 Å². The minimum absolute atomic E-state index is 0.0196. The molecular weight excluding hydrogens is 252 g/mol. The van der Waals surface area contributed by atoms with Crippen molar-refractivity contribution >= 4 is 23.4 Å². The zero-order chi connectivity index (χ0) is 13.7. The lowest BCUT2D eigenvalue weighted by Crippen LogP contribution is -2.12. The number of ketones is 1. The molecule has 0 unspecified atom stereocenters. The molecular formula is C14H17ClO3.